The Hall–Kier alpha value is -1.81. The lowest BCUT2D eigenvalue weighted by molar-refractivity contribution is 0.102. The molecule has 0 aliphatic heterocycles. The van der Waals surface area contributed by atoms with Crippen molar-refractivity contribution >= 4 is 16.6 Å². The molecule has 0 aliphatic rings. The lowest BCUT2D eigenvalue weighted by Gasteiger charge is -2.06. The maximum atomic E-state index is 12.8. The van der Waals surface area contributed by atoms with Crippen LogP contribution in [-0.2, 0) is 10.8 Å². The molecule has 2 rings (SSSR count). The van der Waals surface area contributed by atoms with Crippen LogP contribution >= 0.6 is 0 Å². The van der Waals surface area contributed by atoms with Crippen LogP contribution in [0, 0.1) is 19.7 Å². The molecule has 0 aliphatic carbocycles. The van der Waals surface area contributed by atoms with Gasteiger partial charge < -0.3 is 0 Å². The molecule has 0 fully saturated rings. The van der Waals surface area contributed by atoms with Gasteiger partial charge in [0.1, 0.15) is 5.82 Å². The molecule has 20 heavy (non-hydrogen) atoms. The Balaban J connectivity index is 2.15. The molecule has 1 unspecified atom stereocenters. The molecular formula is C16H15FO2S. The molecule has 0 saturated heterocycles. The van der Waals surface area contributed by atoms with Gasteiger partial charge in [0, 0.05) is 10.5 Å². The largest absolute Gasteiger partial charge is 0.293 e. The standard InChI is InChI=1S/C16H15FO2S/c1-11-3-8-15(12(2)9-11)16(18)10-20(19)14-6-4-13(17)5-7-14/h3-9H,10H2,1-2H3. The predicted octanol–water partition coefficient (Wildman–Crippen LogP) is 3.43. The summed E-state index contributed by atoms with van der Waals surface area (Å²) in [7, 11) is -1.45. The van der Waals surface area contributed by atoms with Crippen molar-refractivity contribution in [3.05, 3.63) is 65.0 Å². The fraction of sp³-hybridized carbons (Fsp3) is 0.188. The van der Waals surface area contributed by atoms with Crippen molar-refractivity contribution in [2.24, 2.45) is 0 Å². The molecule has 1 atom stereocenters. The third-order valence-electron chi connectivity index (χ3n) is 3.02. The highest BCUT2D eigenvalue weighted by Crippen LogP contribution is 2.14. The molecule has 0 spiro atoms. The maximum absolute atomic E-state index is 12.8. The van der Waals surface area contributed by atoms with Gasteiger partial charge in [-0.15, -0.1) is 0 Å². The summed E-state index contributed by atoms with van der Waals surface area (Å²) in [4.78, 5) is 12.6. The van der Waals surface area contributed by atoms with E-state index in [9.17, 15) is 13.4 Å². The topological polar surface area (TPSA) is 34.1 Å². The van der Waals surface area contributed by atoms with E-state index in [0.29, 0.717) is 10.5 Å². The molecule has 4 heteroatoms. The number of benzene rings is 2. The third-order valence-corrected chi connectivity index (χ3v) is 4.34. The molecule has 0 radical (unpaired) electrons. The fourth-order valence-electron chi connectivity index (χ4n) is 1.99. The van der Waals surface area contributed by atoms with Crippen LogP contribution in [0.15, 0.2) is 47.4 Å². The van der Waals surface area contributed by atoms with E-state index in [2.05, 4.69) is 0 Å². The van der Waals surface area contributed by atoms with Crippen molar-refractivity contribution in [2.75, 3.05) is 5.75 Å². The summed E-state index contributed by atoms with van der Waals surface area (Å²) in [5, 5.41) is 0. The van der Waals surface area contributed by atoms with E-state index < -0.39 is 10.8 Å². The number of hydrogen-bond acceptors (Lipinski definition) is 2. The zero-order valence-corrected chi connectivity index (χ0v) is 12.2. The number of carbonyl (C=O) groups excluding carboxylic acids is 1. The van der Waals surface area contributed by atoms with Crippen molar-refractivity contribution in [1.82, 2.24) is 0 Å². The zero-order chi connectivity index (χ0) is 14.7. The molecule has 0 saturated carbocycles. The predicted molar refractivity (Wildman–Crippen MR) is 77.9 cm³/mol. The number of Topliss-reactive ketones (excluding diaryl/α,β-unsaturated/α-hetero) is 1. The summed E-state index contributed by atoms with van der Waals surface area (Å²) in [5.74, 6) is -0.633. The smallest absolute Gasteiger partial charge is 0.175 e. The van der Waals surface area contributed by atoms with Crippen molar-refractivity contribution < 1.29 is 13.4 Å². The first-order valence-electron chi connectivity index (χ1n) is 6.22. The molecule has 0 N–H and O–H groups in total. The van der Waals surface area contributed by atoms with Crippen LogP contribution in [0.25, 0.3) is 0 Å². The minimum atomic E-state index is -1.45. The molecule has 0 heterocycles. The Bertz CT molecular complexity index is 663. The highest BCUT2D eigenvalue weighted by Gasteiger charge is 2.14. The fourth-order valence-corrected chi connectivity index (χ4v) is 2.99. The summed E-state index contributed by atoms with van der Waals surface area (Å²) in [6.45, 7) is 3.82. The van der Waals surface area contributed by atoms with Gasteiger partial charge in [-0.2, -0.15) is 0 Å². The van der Waals surface area contributed by atoms with Crippen LogP contribution < -0.4 is 0 Å². The Kier molecular flexibility index (Phi) is 4.45. The van der Waals surface area contributed by atoms with E-state index in [-0.39, 0.29) is 17.4 Å². The van der Waals surface area contributed by atoms with E-state index in [1.165, 1.54) is 24.3 Å². The zero-order valence-electron chi connectivity index (χ0n) is 11.4. The lowest BCUT2D eigenvalue weighted by Crippen LogP contribution is -2.12. The molecule has 2 aromatic carbocycles. The van der Waals surface area contributed by atoms with Crippen molar-refractivity contribution in [1.29, 1.82) is 0 Å². The van der Waals surface area contributed by atoms with Gasteiger partial charge in [0.15, 0.2) is 5.78 Å². The average Bonchev–Trinajstić information content (AvgIpc) is 2.39. The van der Waals surface area contributed by atoms with Gasteiger partial charge >= 0.3 is 0 Å². The first-order valence-corrected chi connectivity index (χ1v) is 7.53. The highest BCUT2D eigenvalue weighted by molar-refractivity contribution is 7.85. The van der Waals surface area contributed by atoms with Crippen LogP contribution in [0.2, 0.25) is 0 Å². The Labute approximate surface area is 120 Å². The number of halogens is 1. The molecule has 2 aromatic rings. The molecule has 0 amide bonds. The van der Waals surface area contributed by atoms with Gasteiger partial charge in [-0.3, -0.25) is 9.00 Å². The SMILES string of the molecule is Cc1ccc(C(=O)CS(=O)c2ccc(F)cc2)c(C)c1. The molecule has 0 bridgehead atoms. The Morgan fingerprint density at radius 2 is 1.75 bits per heavy atom. The number of carbonyl (C=O) groups is 1. The Morgan fingerprint density at radius 1 is 1.10 bits per heavy atom. The van der Waals surface area contributed by atoms with Crippen LogP contribution in [0.5, 0.6) is 0 Å². The summed E-state index contributed by atoms with van der Waals surface area (Å²) in [6, 6.07) is 10.9. The van der Waals surface area contributed by atoms with Crippen LogP contribution in [-0.4, -0.2) is 15.7 Å². The molecular weight excluding hydrogens is 275 g/mol. The minimum absolute atomic E-state index is 0.0878. The average molecular weight is 290 g/mol. The first kappa shape index (κ1) is 14.6. The van der Waals surface area contributed by atoms with Gasteiger partial charge in [-0.1, -0.05) is 23.8 Å². The maximum Gasteiger partial charge on any atom is 0.175 e. The number of rotatable bonds is 4. The minimum Gasteiger partial charge on any atom is -0.293 e. The normalized spacial score (nSPS) is 12.2. The van der Waals surface area contributed by atoms with Gasteiger partial charge in [-0.25, -0.2) is 4.39 Å². The van der Waals surface area contributed by atoms with Gasteiger partial charge in [0.05, 0.1) is 16.6 Å². The summed E-state index contributed by atoms with van der Waals surface area (Å²) in [6.07, 6.45) is 0. The second kappa shape index (κ2) is 6.09. The Morgan fingerprint density at radius 3 is 2.35 bits per heavy atom. The van der Waals surface area contributed by atoms with Crippen molar-refractivity contribution in [3.63, 3.8) is 0 Å². The van der Waals surface area contributed by atoms with E-state index in [1.54, 1.807) is 6.07 Å². The number of ketones is 1. The second-order valence-electron chi connectivity index (χ2n) is 4.69. The number of hydrogen-bond donors (Lipinski definition) is 0. The van der Waals surface area contributed by atoms with Crippen LogP contribution in [0.3, 0.4) is 0 Å². The summed E-state index contributed by atoms with van der Waals surface area (Å²) in [5.41, 5.74) is 2.55. The number of aryl methyl sites for hydroxylation is 2. The van der Waals surface area contributed by atoms with Crippen molar-refractivity contribution in [3.8, 4) is 0 Å². The monoisotopic (exact) mass is 290 g/mol. The van der Waals surface area contributed by atoms with E-state index >= 15 is 0 Å². The molecule has 2 nitrogen and oxygen atoms in total. The summed E-state index contributed by atoms with van der Waals surface area (Å²) < 4.78 is 24.9. The second-order valence-corrected chi connectivity index (χ2v) is 6.14. The van der Waals surface area contributed by atoms with E-state index in [1.807, 2.05) is 26.0 Å². The first-order chi connectivity index (χ1) is 9.47. The van der Waals surface area contributed by atoms with Crippen LogP contribution in [0.4, 0.5) is 4.39 Å². The van der Waals surface area contributed by atoms with E-state index in [4.69, 9.17) is 0 Å². The lowest BCUT2D eigenvalue weighted by atomic mass is 10.0. The van der Waals surface area contributed by atoms with Gasteiger partial charge in [0.25, 0.3) is 0 Å². The third kappa shape index (κ3) is 3.39. The van der Waals surface area contributed by atoms with E-state index in [0.717, 1.165) is 11.1 Å². The van der Waals surface area contributed by atoms with Crippen LogP contribution in [0.1, 0.15) is 21.5 Å². The molecule has 104 valence electrons. The van der Waals surface area contributed by atoms with Gasteiger partial charge in [-0.05, 0) is 43.7 Å². The summed E-state index contributed by atoms with van der Waals surface area (Å²) >= 11 is 0. The van der Waals surface area contributed by atoms with Crippen molar-refractivity contribution in [2.45, 2.75) is 18.7 Å². The quantitative estimate of drug-likeness (QED) is 0.808. The molecule has 0 aromatic heterocycles. The highest BCUT2D eigenvalue weighted by atomic mass is 32.2. The van der Waals surface area contributed by atoms with Gasteiger partial charge in [0.2, 0.25) is 0 Å².